The monoisotopic (exact) mass is 359 g/mol. The van der Waals surface area contributed by atoms with E-state index in [1.165, 1.54) is 6.07 Å². The van der Waals surface area contributed by atoms with Crippen LogP contribution in [0.3, 0.4) is 0 Å². The smallest absolute Gasteiger partial charge is 0.278 e. The Balaban J connectivity index is 1.84. The topological polar surface area (TPSA) is 99.8 Å². The summed E-state index contributed by atoms with van der Waals surface area (Å²) in [5.41, 5.74) is 1.76. The lowest BCUT2D eigenvalue weighted by molar-refractivity contribution is 0.102. The van der Waals surface area contributed by atoms with Crippen molar-refractivity contribution in [1.82, 2.24) is 9.78 Å². The normalized spacial score (nSPS) is 10.1. The number of aromatic nitrogens is 2. The van der Waals surface area contributed by atoms with Gasteiger partial charge in [-0.15, -0.1) is 0 Å². The largest absolute Gasteiger partial charge is 0.321 e. The van der Waals surface area contributed by atoms with Crippen molar-refractivity contribution in [2.45, 2.75) is 13.5 Å². The Morgan fingerprint density at radius 3 is 2.56 bits per heavy atom. The molecule has 2 aromatic carbocycles. The summed E-state index contributed by atoms with van der Waals surface area (Å²) in [6, 6.07) is 17.3. The molecule has 0 unspecified atom stereocenters. The lowest BCUT2D eigenvalue weighted by atomic mass is 10.1. The van der Waals surface area contributed by atoms with Gasteiger partial charge in [0.25, 0.3) is 11.8 Å². The predicted octanol–water partition coefficient (Wildman–Crippen LogP) is 3.28. The molecular formula is C20H17N5O2. The Morgan fingerprint density at radius 1 is 1.07 bits per heavy atom. The van der Waals surface area contributed by atoms with Crippen molar-refractivity contribution in [2.24, 2.45) is 0 Å². The second-order valence-corrected chi connectivity index (χ2v) is 5.71. The molecule has 0 aliphatic heterocycles. The second-order valence-electron chi connectivity index (χ2n) is 5.71. The van der Waals surface area contributed by atoms with Crippen LogP contribution in [-0.4, -0.2) is 21.6 Å². The van der Waals surface area contributed by atoms with Crippen molar-refractivity contribution < 1.29 is 9.59 Å². The lowest BCUT2D eigenvalue weighted by Gasteiger charge is -2.07. The summed E-state index contributed by atoms with van der Waals surface area (Å²) in [6.07, 6.45) is 1.60. The molecule has 1 aromatic heterocycles. The molecule has 0 saturated carbocycles. The third-order valence-electron chi connectivity index (χ3n) is 3.83. The first kappa shape index (κ1) is 17.9. The third-order valence-corrected chi connectivity index (χ3v) is 3.83. The summed E-state index contributed by atoms with van der Waals surface area (Å²) in [5.74, 6) is -0.842. The summed E-state index contributed by atoms with van der Waals surface area (Å²) in [4.78, 5) is 25.1. The van der Waals surface area contributed by atoms with Gasteiger partial charge in [-0.05, 0) is 37.3 Å². The van der Waals surface area contributed by atoms with E-state index in [-0.39, 0.29) is 5.69 Å². The Hall–Kier alpha value is -3.92. The molecule has 0 spiro atoms. The van der Waals surface area contributed by atoms with Crippen LogP contribution >= 0.6 is 0 Å². The number of nitrogens with one attached hydrogen (secondary N) is 2. The highest BCUT2D eigenvalue weighted by atomic mass is 16.2. The van der Waals surface area contributed by atoms with E-state index in [0.717, 1.165) is 0 Å². The van der Waals surface area contributed by atoms with Crippen LogP contribution in [0.2, 0.25) is 0 Å². The highest BCUT2D eigenvalue weighted by Crippen LogP contribution is 2.18. The van der Waals surface area contributed by atoms with Crippen LogP contribution in [0.1, 0.15) is 33.3 Å². The lowest BCUT2D eigenvalue weighted by Crippen LogP contribution is -2.18. The van der Waals surface area contributed by atoms with Gasteiger partial charge in [0.05, 0.1) is 17.3 Å². The quantitative estimate of drug-likeness (QED) is 0.730. The summed E-state index contributed by atoms with van der Waals surface area (Å²) in [6.45, 7) is 2.43. The molecule has 2 N–H and O–H groups in total. The average Bonchev–Trinajstić information content (AvgIpc) is 3.12. The van der Waals surface area contributed by atoms with Gasteiger partial charge >= 0.3 is 0 Å². The molecule has 7 nitrogen and oxygen atoms in total. The number of nitriles is 1. The summed E-state index contributed by atoms with van der Waals surface area (Å²) >= 11 is 0. The Bertz CT molecular complexity index is 1020. The van der Waals surface area contributed by atoms with Crippen molar-refractivity contribution >= 4 is 23.2 Å². The number of hydrogen-bond acceptors (Lipinski definition) is 4. The number of carbonyl (C=O) groups excluding carboxylic acids is 2. The number of aryl methyl sites for hydroxylation is 1. The van der Waals surface area contributed by atoms with Gasteiger partial charge in [0.2, 0.25) is 0 Å². The molecule has 0 aliphatic carbocycles. The molecule has 134 valence electrons. The zero-order chi connectivity index (χ0) is 19.2. The molecule has 0 atom stereocenters. The Labute approximate surface area is 156 Å². The molecule has 0 radical (unpaired) electrons. The van der Waals surface area contributed by atoms with Gasteiger partial charge in [-0.2, -0.15) is 10.4 Å². The van der Waals surface area contributed by atoms with Crippen molar-refractivity contribution in [3.8, 4) is 6.07 Å². The number of nitrogens with zero attached hydrogens (tertiary/aromatic N) is 3. The van der Waals surface area contributed by atoms with Crippen molar-refractivity contribution in [1.29, 1.82) is 5.26 Å². The molecule has 0 fully saturated rings. The van der Waals surface area contributed by atoms with Gasteiger partial charge in [0.15, 0.2) is 5.69 Å². The first-order chi connectivity index (χ1) is 13.1. The van der Waals surface area contributed by atoms with Crippen molar-refractivity contribution in [3.05, 3.63) is 77.6 Å². The Kier molecular flexibility index (Phi) is 5.28. The van der Waals surface area contributed by atoms with Crippen molar-refractivity contribution in [2.75, 3.05) is 10.6 Å². The van der Waals surface area contributed by atoms with Gasteiger partial charge < -0.3 is 10.6 Å². The van der Waals surface area contributed by atoms with E-state index in [1.807, 2.05) is 31.2 Å². The zero-order valence-electron chi connectivity index (χ0n) is 14.6. The van der Waals surface area contributed by atoms with Crippen LogP contribution in [-0.2, 0) is 6.54 Å². The van der Waals surface area contributed by atoms with Gasteiger partial charge in [0, 0.05) is 24.0 Å². The Morgan fingerprint density at radius 2 is 1.85 bits per heavy atom. The first-order valence-electron chi connectivity index (χ1n) is 8.36. The minimum absolute atomic E-state index is 0.116. The van der Waals surface area contributed by atoms with E-state index in [4.69, 9.17) is 5.26 Å². The summed E-state index contributed by atoms with van der Waals surface area (Å²) < 4.78 is 1.57. The first-order valence-corrected chi connectivity index (χ1v) is 8.36. The maximum absolute atomic E-state index is 12.6. The molecule has 7 heteroatoms. The van der Waals surface area contributed by atoms with Crippen LogP contribution in [0.15, 0.2) is 60.8 Å². The minimum Gasteiger partial charge on any atom is -0.321 e. The second kappa shape index (κ2) is 7.97. The van der Waals surface area contributed by atoms with Crippen LogP contribution in [0.25, 0.3) is 0 Å². The maximum Gasteiger partial charge on any atom is 0.278 e. The van der Waals surface area contributed by atoms with Gasteiger partial charge in [-0.25, -0.2) is 0 Å². The number of amides is 2. The molecular weight excluding hydrogens is 342 g/mol. The molecule has 2 amide bonds. The van der Waals surface area contributed by atoms with Gasteiger partial charge in [-0.1, -0.05) is 24.3 Å². The number of para-hydroxylation sites is 1. The highest BCUT2D eigenvalue weighted by Gasteiger charge is 2.19. The van der Waals surface area contributed by atoms with Crippen LogP contribution in [0, 0.1) is 11.3 Å². The minimum atomic E-state index is -0.422. The number of hydrogen-bond donors (Lipinski definition) is 2. The standard InChI is InChI=1S/C20H17N5O2/c1-2-25-13-17(23-19(26)15-8-6-7-14(11-15)12-21)18(24-25)20(27)22-16-9-4-3-5-10-16/h3-11,13H,2H2,1H3,(H,22,27)(H,23,26). The fourth-order valence-electron chi connectivity index (χ4n) is 2.48. The predicted molar refractivity (Wildman–Crippen MR) is 101 cm³/mol. The fraction of sp³-hybridized carbons (Fsp3) is 0.100. The number of carbonyl (C=O) groups is 2. The van der Waals surface area contributed by atoms with Gasteiger partial charge in [-0.3, -0.25) is 14.3 Å². The zero-order valence-corrected chi connectivity index (χ0v) is 14.6. The van der Waals surface area contributed by atoms with E-state index in [9.17, 15) is 9.59 Å². The molecule has 3 rings (SSSR count). The fourth-order valence-corrected chi connectivity index (χ4v) is 2.48. The van der Waals surface area contributed by atoms with Crippen LogP contribution in [0.4, 0.5) is 11.4 Å². The van der Waals surface area contributed by atoms with E-state index in [2.05, 4.69) is 15.7 Å². The molecule has 3 aromatic rings. The van der Waals surface area contributed by atoms with E-state index >= 15 is 0 Å². The maximum atomic E-state index is 12.6. The molecule has 0 saturated heterocycles. The van der Waals surface area contributed by atoms with Crippen molar-refractivity contribution in [3.63, 3.8) is 0 Å². The average molecular weight is 359 g/mol. The molecule has 27 heavy (non-hydrogen) atoms. The van der Waals surface area contributed by atoms with Crippen LogP contribution < -0.4 is 10.6 Å². The van der Waals surface area contributed by atoms with E-state index < -0.39 is 11.8 Å². The van der Waals surface area contributed by atoms with Gasteiger partial charge in [0.1, 0.15) is 0 Å². The summed E-state index contributed by atoms with van der Waals surface area (Å²) in [5, 5.41) is 18.7. The third kappa shape index (κ3) is 4.19. The molecule has 0 bridgehead atoms. The summed E-state index contributed by atoms with van der Waals surface area (Å²) in [7, 11) is 0. The SMILES string of the molecule is CCn1cc(NC(=O)c2cccc(C#N)c2)c(C(=O)Nc2ccccc2)n1. The van der Waals surface area contributed by atoms with Crippen LogP contribution in [0.5, 0.6) is 0 Å². The van der Waals surface area contributed by atoms with E-state index in [0.29, 0.717) is 29.0 Å². The number of anilines is 2. The number of benzene rings is 2. The molecule has 0 aliphatic rings. The van der Waals surface area contributed by atoms with E-state index in [1.54, 1.807) is 41.2 Å². The molecule has 1 heterocycles. The highest BCUT2D eigenvalue weighted by molar-refractivity contribution is 6.11. The number of rotatable bonds is 5.